The first kappa shape index (κ1) is 18.5. The van der Waals surface area contributed by atoms with Gasteiger partial charge in [0.05, 0.1) is 13.1 Å². The average Bonchev–Trinajstić information content (AvgIpc) is 3.03. The molecule has 0 N–H and O–H groups in total. The molecule has 0 bridgehead atoms. The van der Waals surface area contributed by atoms with E-state index < -0.39 is 0 Å². The molecule has 1 aromatic heterocycles. The number of nitrogens with zero attached hydrogens (tertiary/aromatic N) is 3. The fraction of sp³-hybridized carbons (Fsp3) is 0.476. The summed E-state index contributed by atoms with van der Waals surface area (Å²) in [5.41, 5.74) is 4.00. The van der Waals surface area contributed by atoms with Gasteiger partial charge in [-0.3, -0.25) is 9.69 Å². The molecule has 26 heavy (non-hydrogen) atoms. The molecular formula is C21H29N3O2. The van der Waals surface area contributed by atoms with E-state index in [9.17, 15) is 4.79 Å². The Kier molecular flexibility index (Phi) is 5.67. The van der Waals surface area contributed by atoms with Gasteiger partial charge in [0.15, 0.2) is 0 Å². The summed E-state index contributed by atoms with van der Waals surface area (Å²) in [6, 6.07) is 10.3. The molecule has 2 aromatic rings. The van der Waals surface area contributed by atoms with Crippen molar-refractivity contribution in [3.05, 3.63) is 53.0 Å². The first-order valence-electron chi connectivity index (χ1n) is 9.27. The highest BCUT2D eigenvalue weighted by Crippen LogP contribution is 2.23. The molecule has 1 fully saturated rings. The van der Waals surface area contributed by atoms with Gasteiger partial charge in [-0.15, -0.1) is 0 Å². The maximum Gasteiger partial charge on any atom is 0.236 e. The molecule has 1 aromatic carbocycles. The molecule has 1 aliphatic heterocycles. The van der Waals surface area contributed by atoms with Gasteiger partial charge in [-0.2, -0.15) is 0 Å². The first-order valence-corrected chi connectivity index (χ1v) is 9.27. The molecule has 1 aliphatic rings. The fourth-order valence-electron chi connectivity index (χ4n) is 3.43. The van der Waals surface area contributed by atoms with Gasteiger partial charge in [0.25, 0.3) is 0 Å². The van der Waals surface area contributed by atoms with Crippen LogP contribution in [-0.4, -0.2) is 55.5 Å². The number of furan rings is 1. The molecule has 1 amide bonds. The molecule has 0 saturated carbocycles. The fourth-order valence-corrected chi connectivity index (χ4v) is 3.43. The number of hydrogen-bond acceptors (Lipinski definition) is 4. The predicted molar refractivity (Wildman–Crippen MR) is 104 cm³/mol. The molecule has 5 nitrogen and oxygen atoms in total. The SMILES string of the molecule is Cc1ccc(CN(C)C(=O)CN2CCN(c3cccc(C)c3C)CC2)o1. The summed E-state index contributed by atoms with van der Waals surface area (Å²) >= 11 is 0. The van der Waals surface area contributed by atoms with Crippen molar-refractivity contribution in [1.29, 1.82) is 0 Å². The Morgan fingerprint density at radius 2 is 1.81 bits per heavy atom. The number of piperazine rings is 1. The Morgan fingerprint density at radius 3 is 2.46 bits per heavy atom. The van der Waals surface area contributed by atoms with E-state index >= 15 is 0 Å². The van der Waals surface area contributed by atoms with Crippen molar-refractivity contribution in [3.63, 3.8) is 0 Å². The second kappa shape index (κ2) is 7.96. The maximum atomic E-state index is 12.5. The van der Waals surface area contributed by atoms with Crippen molar-refractivity contribution >= 4 is 11.6 Å². The zero-order valence-corrected chi connectivity index (χ0v) is 16.3. The number of rotatable bonds is 5. The molecule has 0 atom stereocenters. The number of aryl methyl sites for hydroxylation is 2. The Bertz CT molecular complexity index is 760. The molecule has 0 aliphatic carbocycles. The van der Waals surface area contributed by atoms with Crippen LogP contribution in [0.4, 0.5) is 5.69 Å². The van der Waals surface area contributed by atoms with Crippen molar-refractivity contribution in [2.45, 2.75) is 27.3 Å². The molecule has 0 radical (unpaired) electrons. The molecule has 5 heteroatoms. The van der Waals surface area contributed by atoms with E-state index in [0.29, 0.717) is 13.1 Å². The molecule has 2 heterocycles. The second-order valence-corrected chi connectivity index (χ2v) is 7.24. The zero-order valence-electron chi connectivity index (χ0n) is 16.3. The smallest absolute Gasteiger partial charge is 0.236 e. The van der Waals surface area contributed by atoms with E-state index in [0.717, 1.165) is 37.7 Å². The monoisotopic (exact) mass is 355 g/mol. The average molecular weight is 355 g/mol. The van der Waals surface area contributed by atoms with E-state index in [1.54, 1.807) is 4.90 Å². The van der Waals surface area contributed by atoms with Gasteiger partial charge in [0, 0.05) is 38.9 Å². The quantitative estimate of drug-likeness (QED) is 0.827. The number of benzene rings is 1. The number of likely N-dealkylation sites (N-methyl/N-ethyl adjacent to an activating group) is 1. The summed E-state index contributed by atoms with van der Waals surface area (Å²) in [6.07, 6.45) is 0. The summed E-state index contributed by atoms with van der Waals surface area (Å²) in [4.78, 5) is 18.9. The predicted octanol–water partition coefficient (Wildman–Crippen LogP) is 2.99. The first-order chi connectivity index (χ1) is 12.4. The third kappa shape index (κ3) is 4.28. The second-order valence-electron chi connectivity index (χ2n) is 7.24. The van der Waals surface area contributed by atoms with Gasteiger partial charge in [-0.05, 0) is 50.1 Å². The lowest BCUT2D eigenvalue weighted by Crippen LogP contribution is -2.49. The van der Waals surface area contributed by atoms with Gasteiger partial charge in [-0.1, -0.05) is 12.1 Å². The Hall–Kier alpha value is -2.27. The summed E-state index contributed by atoms with van der Waals surface area (Å²) in [6.45, 7) is 11.0. The minimum Gasteiger partial charge on any atom is -0.464 e. The highest BCUT2D eigenvalue weighted by molar-refractivity contribution is 5.78. The molecule has 140 valence electrons. The lowest BCUT2D eigenvalue weighted by molar-refractivity contribution is -0.132. The summed E-state index contributed by atoms with van der Waals surface area (Å²) in [5, 5.41) is 0. The highest BCUT2D eigenvalue weighted by atomic mass is 16.3. The van der Waals surface area contributed by atoms with Crippen LogP contribution in [0.3, 0.4) is 0 Å². The van der Waals surface area contributed by atoms with Crippen LogP contribution in [0.15, 0.2) is 34.7 Å². The topological polar surface area (TPSA) is 39.9 Å². The molecular weight excluding hydrogens is 326 g/mol. The van der Waals surface area contributed by atoms with Gasteiger partial charge in [0.2, 0.25) is 5.91 Å². The van der Waals surface area contributed by atoms with Crippen molar-refractivity contribution in [3.8, 4) is 0 Å². The van der Waals surface area contributed by atoms with Gasteiger partial charge < -0.3 is 14.2 Å². The van der Waals surface area contributed by atoms with Crippen LogP contribution in [0.2, 0.25) is 0 Å². The van der Waals surface area contributed by atoms with Crippen molar-refractivity contribution < 1.29 is 9.21 Å². The largest absolute Gasteiger partial charge is 0.464 e. The molecule has 0 unspecified atom stereocenters. The lowest BCUT2D eigenvalue weighted by atomic mass is 10.1. The minimum atomic E-state index is 0.138. The van der Waals surface area contributed by atoms with Crippen LogP contribution < -0.4 is 4.90 Å². The van der Waals surface area contributed by atoms with Crippen LogP contribution in [-0.2, 0) is 11.3 Å². The van der Waals surface area contributed by atoms with E-state index in [1.165, 1.54) is 16.8 Å². The molecule has 1 saturated heterocycles. The third-order valence-electron chi connectivity index (χ3n) is 5.26. The van der Waals surface area contributed by atoms with Crippen LogP contribution >= 0.6 is 0 Å². The van der Waals surface area contributed by atoms with Gasteiger partial charge in [-0.25, -0.2) is 0 Å². The van der Waals surface area contributed by atoms with Crippen LogP contribution in [0.1, 0.15) is 22.6 Å². The number of hydrogen-bond donors (Lipinski definition) is 0. The lowest BCUT2D eigenvalue weighted by Gasteiger charge is -2.37. The third-order valence-corrected chi connectivity index (χ3v) is 5.26. The zero-order chi connectivity index (χ0) is 18.7. The molecule has 0 spiro atoms. The number of carbonyl (C=O) groups is 1. The van der Waals surface area contributed by atoms with Crippen LogP contribution in [0.25, 0.3) is 0 Å². The maximum absolute atomic E-state index is 12.5. The number of anilines is 1. The standard InChI is InChI=1S/C21H29N3O2/c1-16-6-5-7-20(18(16)3)24-12-10-23(11-13-24)15-21(25)22(4)14-19-9-8-17(2)26-19/h5-9H,10-15H2,1-4H3. The summed E-state index contributed by atoms with van der Waals surface area (Å²) in [5.74, 6) is 1.85. The Morgan fingerprint density at radius 1 is 1.08 bits per heavy atom. The van der Waals surface area contributed by atoms with Crippen LogP contribution in [0.5, 0.6) is 0 Å². The van der Waals surface area contributed by atoms with Crippen molar-refractivity contribution in [1.82, 2.24) is 9.80 Å². The highest BCUT2D eigenvalue weighted by Gasteiger charge is 2.22. The van der Waals surface area contributed by atoms with Crippen LogP contribution in [0, 0.1) is 20.8 Å². The Labute approximate surface area is 156 Å². The van der Waals surface area contributed by atoms with Crippen molar-refractivity contribution in [2.75, 3.05) is 44.7 Å². The van der Waals surface area contributed by atoms with E-state index in [2.05, 4.69) is 41.8 Å². The van der Waals surface area contributed by atoms with Gasteiger partial charge in [0.1, 0.15) is 11.5 Å². The Balaban J connectivity index is 1.50. The van der Waals surface area contributed by atoms with E-state index in [4.69, 9.17) is 4.42 Å². The normalized spacial score (nSPS) is 15.3. The van der Waals surface area contributed by atoms with E-state index in [-0.39, 0.29) is 5.91 Å². The van der Waals surface area contributed by atoms with Crippen molar-refractivity contribution in [2.24, 2.45) is 0 Å². The minimum absolute atomic E-state index is 0.138. The summed E-state index contributed by atoms with van der Waals surface area (Å²) < 4.78 is 5.56. The molecule has 3 rings (SSSR count). The summed E-state index contributed by atoms with van der Waals surface area (Å²) in [7, 11) is 1.84. The number of carbonyl (C=O) groups excluding carboxylic acids is 1. The van der Waals surface area contributed by atoms with E-state index in [1.807, 2.05) is 26.1 Å². The van der Waals surface area contributed by atoms with Gasteiger partial charge >= 0.3 is 0 Å². The number of amides is 1.